The number of hydrogen-bond donors (Lipinski definition) is 2. The number of halogens is 2. The summed E-state index contributed by atoms with van der Waals surface area (Å²) in [6.07, 6.45) is 2.04. The molecule has 1 saturated carbocycles. The van der Waals surface area contributed by atoms with Gasteiger partial charge in [0.05, 0.1) is 6.04 Å². The van der Waals surface area contributed by atoms with E-state index in [1.165, 1.54) is 12.1 Å². The molecule has 31 heavy (non-hydrogen) atoms. The zero-order chi connectivity index (χ0) is 23.0. The molecule has 7 nitrogen and oxygen atoms in total. The molecule has 1 aromatic rings. The van der Waals surface area contributed by atoms with Crippen molar-refractivity contribution in [3.63, 3.8) is 0 Å². The molecule has 170 valence electrons. The molecule has 1 aliphatic heterocycles. The van der Waals surface area contributed by atoms with Crippen molar-refractivity contribution in [2.75, 3.05) is 6.54 Å². The number of benzene rings is 1. The lowest BCUT2D eigenvalue weighted by Crippen LogP contribution is -2.54. The highest BCUT2D eigenvalue weighted by Crippen LogP contribution is 2.46. The predicted molar refractivity (Wildman–Crippen MR) is 109 cm³/mol. The molecule has 0 aromatic heterocycles. The summed E-state index contributed by atoms with van der Waals surface area (Å²) in [7, 11) is 0. The number of imide groups is 1. The van der Waals surface area contributed by atoms with E-state index in [4.69, 9.17) is 0 Å². The Kier molecular flexibility index (Phi) is 6.25. The van der Waals surface area contributed by atoms with Crippen LogP contribution in [0.4, 0.5) is 13.6 Å². The van der Waals surface area contributed by atoms with Crippen LogP contribution in [-0.4, -0.2) is 41.4 Å². The number of nitrogens with one attached hydrogen (secondary N) is 2. The van der Waals surface area contributed by atoms with E-state index in [-0.39, 0.29) is 23.0 Å². The largest absolute Gasteiger partial charge is 0.435 e. The second-order valence-electron chi connectivity index (χ2n) is 9.50. The summed E-state index contributed by atoms with van der Waals surface area (Å²) in [4.78, 5) is 39.2. The summed E-state index contributed by atoms with van der Waals surface area (Å²) in [5.74, 6) is -0.633. The minimum absolute atomic E-state index is 0.0151. The van der Waals surface area contributed by atoms with Crippen LogP contribution in [-0.2, 0) is 9.59 Å². The zero-order valence-corrected chi connectivity index (χ0v) is 18.2. The Morgan fingerprint density at radius 3 is 2.68 bits per heavy atom. The third-order valence-corrected chi connectivity index (χ3v) is 5.89. The van der Waals surface area contributed by atoms with E-state index in [9.17, 15) is 23.2 Å². The number of carbonyl (C=O) groups excluding carboxylic acids is 3. The molecule has 9 heteroatoms. The van der Waals surface area contributed by atoms with E-state index in [1.807, 2.05) is 0 Å². The molecular weight excluding hydrogens is 408 g/mol. The molecular formula is C22H29F2N3O4. The molecule has 1 heterocycles. The number of ether oxygens (including phenoxy) is 1. The van der Waals surface area contributed by atoms with Crippen molar-refractivity contribution >= 4 is 17.8 Å². The SMILES string of the molecule is CC1CC(C)(C)CC2(C1)NC(=O)N(CC(=O)NC(C)c1cccc(OC(F)F)c1)C2=O. The van der Waals surface area contributed by atoms with Crippen LogP contribution in [0.1, 0.15) is 58.6 Å². The molecule has 3 unspecified atom stereocenters. The van der Waals surface area contributed by atoms with Gasteiger partial charge < -0.3 is 15.4 Å². The minimum atomic E-state index is -2.94. The Hall–Kier alpha value is -2.71. The van der Waals surface area contributed by atoms with Gasteiger partial charge in [-0.2, -0.15) is 8.78 Å². The van der Waals surface area contributed by atoms with Gasteiger partial charge in [0.2, 0.25) is 5.91 Å². The first-order valence-electron chi connectivity index (χ1n) is 10.4. The molecule has 2 fully saturated rings. The maximum absolute atomic E-state index is 13.1. The maximum atomic E-state index is 13.1. The van der Waals surface area contributed by atoms with Crippen molar-refractivity contribution in [1.29, 1.82) is 0 Å². The van der Waals surface area contributed by atoms with E-state index >= 15 is 0 Å². The van der Waals surface area contributed by atoms with Crippen molar-refractivity contribution in [3.8, 4) is 5.75 Å². The van der Waals surface area contributed by atoms with Crippen LogP contribution in [0.25, 0.3) is 0 Å². The first-order valence-corrected chi connectivity index (χ1v) is 10.4. The van der Waals surface area contributed by atoms with Crippen LogP contribution in [0, 0.1) is 11.3 Å². The molecule has 0 radical (unpaired) electrons. The quantitative estimate of drug-likeness (QED) is 0.666. The van der Waals surface area contributed by atoms with Gasteiger partial charge in [0, 0.05) is 0 Å². The van der Waals surface area contributed by atoms with Gasteiger partial charge in [-0.05, 0) is 55.2 Å². The average Bonchev–Trinajstić information content (AvgIpc) is 2.83. The molecule has 1 saturated heterocycles. The highest BCUT2D eigenvalue weighted by atomic mass is 19.3. The number of alkyl halides is 2. The first kappa shape index (κ1) is 23.0. The fourth-order valence-corrected chi connectivity index (χ4v) is 5.12. The Labute approximate surface area is 180 Å². The van der Waals surface area contributed by atoms with E-state index in [2.05, 4.69) is 36.1 Å². The second kappa shape index (κ2) is 8.43. The van der Waals surface area contributed by atoms with Crippen molar-refractivity contribution < 1.29 is 27.9 Å². The Bertz CT molecular complexity index is 876. The summed E-state index contributed by atoms with van der Waals surface area (Å²) < 4.78 is 29.2. The third kappa shape index (κ3) is 5.14. The highest BCUT2D eigenvalue weighted by molar-refractivity contribution is 6.09. The van der Waals surface area contributed by atoms with Gasteiger partial charge in [0.25, 0.3) is 5.91 Å². The number of rotatable bonds is 6. The van der Waals surface area contributed by atoms with Gasteiger partial charge in [-0.25, -0.2) is 4.79 Å². The Morgan fingerprint density at radius 1 is 1.32 bits per heavy atom. The van der Waals surface area contributed by atoms with Gasteiger partial charge in [0.15, 0.2) is 0 Å². The number of urea groups is 1. The second-order valence-corrected chi connectivity index (χ2v) is 9.50. The van der Waals surface area contributed by atoms with E-state index in [0.29, 0.717) is 18.4 Å². The normalized spacial score (nSPS) is 26.2. The fourth-order valence-electron chi connectivity index (χ4n) is 5.12. The molecule has 1 aliphatic carbocycles. The molecule has 1 aromatic carbocycles. The molecule has 2 N–H and O–H groups in total. The predicted octanol–water partition coefficient (Wildman–Crippen LogP) is 3.60. The van der Waals surface area contributed by atoms with Gasteiger partial charge in [-0.15, -0.1) is 0 Å². The topological polar surface area (TPSA) is 87.7 Å². The van der Waals surface area contributed by atoms with Crippen molar-refractivity contribution in [1.82, 2.24) is 15.5 Å². The standard InChI is InChI=1S/C22H29F2N3O4/c1-13-9-21(3,4)12-22(10-13)18(29)27(20(30)26-22)11-17(28)25-14(2)15-6-5-7-16(8-15)31-19(23)24/h5-8,13-14,19H,9-12H2,1-4H3,(H,25,28)(H,26,30). The summed E-state index contributed by atoms with van der Waals surface area (Å²) in [5.41, 5.74) is -0.507. The number of carbonyl (C=O) groups is 3. The molecule has 0 bridgehead atoms. The van der Waals surface area contributed by atoms with Crippen LogP contribution in [0.5, 0.6) is 5.75 Å². The monoisotopic (exact) mass is 437 g/mol. The minimum Gasteiger partial charge on any atom is -0.435 e. The van der Waals surface area contributed by atoms with E-state index in [1.54, 1.807) is 19.1 Å². The highest BCUT2D eigenvalue weighted by Gasteiger charge is 2.56. The fraction of sp³-hybridized carbons (Fsp3) is 0.591. The lowest BCUT2D eigenvalue weighted by molar-refractivity contribution is -0.137. The number of nitrogens with zero attached hydrogens (tertiary/aromatic N) is 1. The Balaban J connectivity index is 1.65. The van der Waals surface area contributed by atoms with Gasteiger partial charge in [0.1, 0.15) is 17.8 Å². The molecule has 1 spiro atoms. The summed E-state index contributed by atoms with van der Waals surface area (Å²) in [6, 6.07) is 4.91. The van der Waals surface area contributed by atoms with E-state index in [0.717, 1.165) is 11.3 Å². The van der Waals surface area contributed by atoms with Crippen molar-refractivity contribution in [2.24, 2.45) is 11.3 Å². The molecule has 3 atom stereocenters. The summed E-state index contributed by atoms with van der Waals surface area (Å²) in [6.45, 7) is 4.54. The van der Waals surface area contributed by atoms with Crippen LogP contribution in [0.2, 0.25) is 0 Å². The van der Waals surface area contributed by atoms with E-state index < -0.39 is 36.7 Å². The van der Waals surface area contributed by atoms with Crippen molar-refractivity contribution in [2.45, 2.75) is 65.1 Å². The van der Waals surface area contributed by atoms with Gasteiger partial charge >= 0.3 is 12.6 Å². The smallest absolute Gasteiger partial charge is 0.387 e. The average molecular weight is 437 g/mol. The molecule has 2 aliphatic rings. The lowest BCUT2D eigenvalue weighted by Gasteiger charge is -2.43. The molecule has 3 rings (SSSR count). The summed E-state index contributed by atoms with van der Waals surface area (Å²) in [5, 5.41) is 5.55. The van der Waals surface area contributed by atoms with Gasteiger partial charge in [-0.1, -0.05) is 32.9 Å². The van der Waals surface area contributed by atoms with Crippen LogP contribution >= 0.6 is 0 Å². The Morgan fingerprint density at radius 2 is 2.03 bits per heavy atom. The first-order chi connectivity index (χ1) is 14.4. The third-order valence-electron chi connectivity index (χ3n) is 5.89. The van der Waals surface area contributed by atoms with Crippen LogP contribution in [0.15, 0.2) is 24.3 Å². The summed E-state index contributed by atoms with van der Waals surface area (Å²) >= 11 is 0. The van der Waals surface area contributed by atoms with Crippen LogP contribution in [0.3, 0.4) is 0 Å². The van der Waals surface area contributed by atoms with Crippen molar-refractivity contribution in [3.05, 3.63) is 29.8 Å². The number of amides is 4. The molecule has 4 amide bonds. The number of hydrogen-bond acceptors (Lipinski definition) is 4. The van der Waals surface area contributed by atoms with Gasteiger partial charge in [-0.3, -0.25) is 14.5 Å². The zero-order valence-electron chi connectivity index (χ0n) is 18.2. The van der Waals surface area contributed by atoms with Crippen LogP contribution < -0.4 is 15.4 Å². The lowest BCUT2D eigenvalue weighted by atomic mass is 9.64. The maximum Gasteiger partial charge on any atom is 0.387 e.